The first-order valence-corrected chi connectivity index (χ1v) is 7.76. The summed E-state index contributed by atoms with van der Waals surface area (Å²) in [5.74, 6) is -0.0829. The molecule has 0 radical (unpaired) electrons. The second-order valence-corrected chi connectivity index (χ2v) is 6.36. The van der Waals surface area contributed by atoms with Crippen LogP contribution in [-0.4, -0.2) is 23.0 Å². The van der Waals surface area contributed by atoms with Gasteiger partial charge in [0.25, 0.3) is 0 Å². The Bertz CT molecular complexity index is 559. The maximum Gasteiger partial charge on any atom is 0.239 e. The van der Waals surface area contributed by atoms with E-state index in [1.54, 1.807) is 18.3 Å². The molecule has 5 heteroatoms. The van der Waals surface area contributed by atoms with Gasteiger partial charge >= 0.3 is 0 Å². The molecule has 1 heterocycles. The van der Waals surface area contributed by atoms with Crippen molar-refractivity contribution >= 4 is 27.5 Å². The van der Waals surface area contributed by atoms with Gasteiger partial charge in [0.15, 0.2) is 0 Å². The van der Waals surface area contributed by atoms with E-state index in [0.29, 0.717) is 13.0 Å². The minimum Gasteiger partial charge on any atom is -0.354 e. The van der Waals surface area contributed by atoms with Crippen molar-refractivity contribution in [2.24, 2.45) is 5.73 Å². The van der Waals surface area contributed by atoms with E-state index in [9.17, 15) is 4.79 Å². The third kappa shape index (κ3) is 3.55. The molecule has 0 aliphatic rings. The van der Waals surface area contributed by atoms with Gasteiger partial charge in [0.05, 0.1) is 20.8 Å². The lowest BCUT2D eigenvalue weighted by molar-refractivity contribution is -0.126. The Morgan fingerprint density at radius 2 is 2.20 bits per heavy atom. The predicted molar refractivity (Wildman–Crippen MR) is 83.8 cm³/mol. The van der Waals surface area contributed by atoms with Gasteiger partial charge in [0.1, 0.15) is 0 Å². The Morgan fingerprint density at radius 1 is 1.45 bits per heavy atom. The van der Waals surface area contributed by atoms with Crippen molar-refractivity contribution in [1.29, 1.82) is 0 Å². The molecule has 1 atom stereocenters. The Hall–Kier alpha value is -1.46. The highest BCUT2D eigenvalue weighted by atomic mass is 32.1. The van der Waals surface area contributed by atoms with Gasteiger partial charge in [-0.15, -0.1) is 11.3 Å². The van der Waals surface area contributed by atoms with Crippen LogP contribution in [0.3, 0.4) is 0 Å². The van der Waals surface area contributed by atoms with Gasteiger partial charge in [0, 0.05) is 13.0 Å². The molecule has 0 saturated carbocycles. The second kappa shape index (κ2) is 6.33. The number of amides is 1. The molecule has 108 valence electrons. The first-order chi connectivity index (χ1) is 9.53. The number of carbonyl (C=O) groups excluding carboxylic acids is 1. The molecule has 0 saturated heterocycles. The molecule has 20 heavy (non-hydrogen) atoms. The Balaban J connectivity index is 1.88. The zero-order valence-corrected chi connectivity index (χ0v) is 12.8. The molecule has 1 aromatic heterocycles. The highest BCUT2D eigenvalue weighted by Crippen LogP contribution is 2.21. The lowest BCUT2D eigenvalue weighted by Crippen LogP contribution is -2.51. The van der Waals surface area contributed by atoms with Crippen molar-refractivity contribution in [3.8, 4) is 0 Å². The fraction of sp³-hybridized carbons (Fsp3) is 0.467. The van der Waals surface area contributed by atoms with Crippen LogP contribution in [0.1, 0.15) is 31.7 Å². The third-order valence-corrected chi connectivity index (χ3v) is 4.35. The van der Waals surface area contributed by atoms with Gasteiger partial charge in [-0.3, -0.25) is 4.79 Å². The van der Waals surface area contributed by atoms with E-state index in [0.717, 1.165) is 23.4 Å². The monoisotopic (exact) mass is 291 g/mol. The normalized spacial score (nSPS) is 14.2. The highest BCUT2D eigenvalue weighted by molar-refractivity contribution is 7.18. The van der Waals surface area contributed by atoms with Crippen LogP contribution in [0.5, 0.6) is 0 Å². The number of carbonyl (C=O) groups is 1. The number of para-hydroxylation sites is 1. The number of aromatic nitrogens is 1. The van der Waals surface area contributed by atoms with E-state index >= 15 is 0 Å². The standard InChI is InChI=1S/C15H21N3OS/c1-3-9-15(2,16)14(19)17-10-8-13-18-11-6-4-5-7-12(11)20-13/h4-7H,3,8-10,16H2,1-2H3,(H,17,19). The van der Waals surface area contributed by atoms with E-state index in [1.807, 2.05) is 25.1 Å². The van der Waals surface area contributed by atoms with Gasteiger partial charge in [-0.25, -0.2) is 4.98 Å². The molecular weight excluding hydrogens is 270 g/mol. The number of thiazole rings is 1. The van der Waals surface area contributed by atoms with Crippen molar-refractivity contribution in [2.45, 2.75) is 38.6 Å². The van der Waals surface area contributed by atoms with Gasteiger partial charge in [-0.2, -0.15) is 0 Å². The molecule has 1 unspecified atom stereocenters. The van der Waals surface area contributed by atoms with Crippen molar-refractivity contribution in [1.82, 2.24) is 10.3 Å². The van der Waals surface area contributed by atoms with Crippen LogP contribution in [0, 0.1) is 0 Å². The number of hydrogen-bond donors (Lipinski definition) is 2. The van der Waals surface area contributed by atoms with Gasteiger partial charge in [-0.05, 0) is 25.5 Å². The fourth-order valence-electron chi connectivity index (χ4n) is 2.14. The number of rotatable bonds is 6. The van der Waals surface area contributed by atoms with Crippen LogP contribution >= 0.6 is 11.3 Å². The van der Waals surface area contributed by atoms with E-state index in [4.69, 9.17) is 5.73 Å². The number of nitrogens with one attached hydrogen (secondary N) is 1. The van der Waals surface area contributed by atoms with Crippen LogP contribution in [-0.2, 0) is 11.2 Å². The van der Waals surface area contributed by atoms with Crippen molar-refractivity contribution < 1.29 is 4.79 Å². The summed E-state index contributed by atoms with van der Waals surface area (Å²) in [6, 6.07) is 8.06. The van der Waals surface area contributed by atoms with Crippen molar-refractivity contribution in [3.63, 3.8) is 0 Å². The van der Waals surface area contributed by atoms with Gasteiger partial charge < -0.3 is 11.1 Å². The number of fused-ring (bicyclic) bond motifs is 1. The molecule has 3 N–H and O–H groups in total. The van der Waals surface area contributed by atoms with Crippen LogP contribution in [0.25, 0.3) is 10.2 Å². The predicted octanol–water partition coefficient (Wildman–Crippen LogP) is 2.47. The lowest BCUT2D eigenvalue weighted by Gasteiger charge is -2.22. The van der Waals surface area contributed by atoms with Crippen LogP contribution in [0.4, 0.5) is 0 Å². The molecule has 0 aliphatic carbocycles. The average Bonchev–Trinajstić information content (AvgIpc) is 2.81. The molecule has 0 fully saturated rings. The molecule has 1 amide bonds. The Labute approximate surface area is 123 Å². The summed E-state index contributed by atoms with van der Waals surface area (Å²) in [5, 5.41) is 3.95. The van der Waals surface area contributed by atoms with Crippen molar-refractivity contribution in [2.75, 3.05) is 6.54 Å². The van der Waals surface area contributed by atoms with Crippen molar-refractivity contribution in [3.05, 3.63) is 29.3 Å². The smallest absolute Gasteiger partial charge is 0.239 e. The number of benzene rings is 1. The minimum absolute atomic E-state index is 0.0829. The van der Waals surface area contributed by atoms with Gasteiger partial charge in [0.2, 0.25) is 5.91 Å². The van der Waals surface area contributed by atoms with E-state index in [2.05, 4.69) is 16.4 Å². The summed E-state index contributed by atoms with van der Waals surface area (Å²) in [7, 11) is 0. The average molecular weight is 291 g/mol. The molecular formula is C15H21N3OS. The summed E-state index contributed by atoms with van der Waals surface area (Å²) >= 11 is 1.67. The fourth-order valence-corrected chi connectivity index (χ4v) is 3.11. The summed E-state index contributed by atoms with van der Waals surface area (Å²) in [5.41, 5.74) is 6.23. The highest BCUT2D eigenvalue weighted by Gasteiger charge is 2.26. The zero-order valence-electron chi connectivity index (χ0n) is 12.0. The molecule has 2 aromatic rings. The SMILES string of the molecule is CCCC(C)(N)C(=O)NCCc1nc2ccccc2s1. The Morgan fingerprint density at radius 3 is 2.90 bits per heavy atom. The largest absolute Gasteiger partial charge is 0.354 e. The quantitative estimate of drug-likeness (QED) is 0.859. The minimum atomic E-state index is -0.775. The third-order valence-electron chi connectivity index (χ3n) is 3.25. The lowest BCUT2D eigenvalue weighted by atomic mass is 9.96. The second-order valence-electron chi connectivity index (χ2n) is 5.25. The van der Waals surface area contributed by atoms with Crippen LogP contribution in [0.2, 0.25) is 0 Å². The van der Waals surface area contributed by atoms with Crippen LogP contribution in [0.15, 0.2) is 24.3 Å². The first-order valence-electron chi connectivity index (χ1n) is 6.94. The summed E-state index contributed by atoms with van der Waals surface area (Å²) < 4.78 is 1.18. The first kappa shape index (κ1) is 14.9. The summed E-state index contributed by atoms with van der Waals surface area (Å²) in [6.07, 6.45) is 2.34. The maximum absolute atomic E-state index is 12.0. The van der Waals surface area contributed by atoms with Gasteiger partial charge in [-0.1, -0.05) is 25.5 Å². The number of nitrogens with two attached hydrogens (primary N) is 1. The molecule has 1 aromatic carbocycles. The molecule has 0 spiro atoms. The van der Waals surface area contributed by atoms with E-state index in [-0.39, 0.29) is 5.91 Å². The maximum atomic E-state index is 12.0. The molecule has 2 rings (SSSR count). The van der Waals surface area contributed by atoms with Crippen LogP contribution < -0.4 is 11.1 Å². The summed E-state index contributed by atoms with van der Waals surface area (Å²) in [4.78, 5) is 16.5. The molecule has 0 bridgehead atoms. The van der Waals surface area contributed by atoms with E-state index in [1.165, 1.54) is 4.70 Å². The topological polar surface area (TPSA) is 68.0 Å². The summed E-state index contributed by atoms with van der Waals surface area (Å²) in [6.45, 7) is 4.39. The number of hydrogen-bond acceptors (Lipinski definition) is 4. The van der Waals surface area contributed by atoms with E-state index < -0.39 is 5.54 Å². The number of nitrogens with zero attached hydrogens (tertiary/aromatic N) is 1. The Kier molecular flexibility index (Phi) is 4.73. The molecule has 4 nitrogen and oxygen atoms in total. The molecule has 0 aliphatic heterocycles. The zero-order chi connectivity index (χ0) is 14.6.